The maximum Gasteiger partial charge on any atom is 0.349 e. The van der Waals surface area contributed by atoms with Crippen LogP contribution in [0.5, 0.6) is 5.75 Å². The van der Waals surface area contributed by atoms with Crippen LogP contribution >= 0.6 is 0 Å². The highest BCUT2D eigenvalue weighted by atomic mass is 28.4. The van der Waals surface area contributed by atoms with Crippen molar-refractivity contribution in [1.29, 1.82) is 0 Å². The zero-order chi connectivity index (χ0) is 29.8. The highest BCUT2D eigenvalue weighted by molar-refractivity contribution is 6.73. The van der Waals surface area contributed by atoms with Crippen LogP contribution < -0.4 is 10.1 Å². The van der Waals surface area contributed by atoms with Crippen LogP contribution in [0.4, 0.5) is 0 Å². The van der Waals surface area contributed by atoms with Gasteiger partial charge in [0.05, 0.1) is 19.3 Å². The summed E-state index contributed by atoms with van der Waals surface area (Å²) >= 11 is 0. The number of benzene rings is 2. The fourth-order valence-electron chi connectivity index (χ4n) is 5.61. The number of carbonyl (C=O) groups excluding carboxylic acids is 2. The number of hydrogen-bond acceptors (Lipinski definition) is 7. The summed E-state index contributed by atoms with van der Waals surface area (Å²) in [6, 6.07) is 15.3. The summed E-state index contributed by atoms with van der Waals surface area (Å²) < 4.78 is 30.8. The molecular formula is C32H43NO7Si. The van der Waals surface area contributed by atoms with Gasteiger partial charge in [0.1, 0.15) is 17.9 Å². The van der Waals surface area contributed by atoms with Gasteiger partial charge >= 0.3 is 14.5 Å². The second-order valence-electron chi connectivity index (χ2n) is 12.5. The zero-order valence-corrected chi connectivity index (χ0v) is 26.1. The Kier molecular flexibility index (Phi) is 9.43. The van der Waals surface area contributed by atoms with Crippen molar-refractivity contribution >= 4 is 20.4 Å². The Bertz CT molecular complexity index is 1200. The van der Waals surface area contributed by atoms with Crippen LogP contribution in [-0.2, 0) is 29.5 Å². The maximum absolute atomic E-state index is 12.7. The van der Waals surface area contributed by atoms with Crippen LogP contribution in [0.1, 0.15) is 64.4 Å². The molecule has 9 heteroatoms. The molecule has 222 valence electrons. The van der Waals surface area contributed by atoms with Crippen molar-refractivity contribution in [3.05, 3.63) is 77.9 Å². The molecular weight excluding hydrogens is 538 g/mol. The number of hydrogen-bond donors (Lipinski definition) is 1. The van der Waals surface area contributed by atoms with Gasteiger partial charge in [-0.25, -0.2) is 4.79 Å². The van der Waals surface area contributed by atoms with Crippen molar-refractivity contribution in [3.63, 3.8) is 0 Å². The van der Waals surface area contributed by atoms with E-state index < -0.39 is 26.9 Å². The van der Waals surface area contributed by atoms with Gasteiger partial charge in [-0.05, 0) is 42.8 Å². The molecule has 0 radical (unpaired) electrons. The van der Waals surface area contributed by atoms with Crippen molar-refractivity contribution in [2.75, 3.05) is 13.2 Å². The number of esters is 1. The first-order chi connectivity index (χ1) is 19.3. The molecule has 0 saturated carbocycles. The second kappa shape index (κ2) is 12.5. The predicted molar refractivity (Wildman–Crippen MR) is 159 cm³/mol. The number of nitrogens with one attached hydrogen (secondary N) is 1. The lowest BCUT2D eigenvalue weighted by atomic mass is 10.0. The average molecular weight is 582 g/mol. The number of ether oxygens (including phenoxy) is 3. The number of carbonyl (C=O) groups is 2. The summed E-state index contributed by atoms with van der Waals surface area (Å²) in [6.07, 6.45) is 3.19. The molecule has 0 bridgehead atoms. The summed E-state index contributed by atoms with van der Waals surface area (Å²) in [6.45, 7) is 15.6. The lowest BCUT2D eigenvalue weighted by Crippen LogP contribution is -2.65. The van der Waals surface area contributed by atoms with Crippen molar-refractivity contribution in [1.82, 2.24) is 5.32 Å². The lowest BCUT2D eigenvalue weighted by molar-refractivity contribution is -0.163. The summed E-state index contributed by atoms with van der Waals surface area (Å²) in [5.74, 6) is -0.188. The van der Waals surface area contributed by atoms with Gasteiger partial charge in [0.15, 0.2) is 0 Å². The minimum absolute atomic E-state index is 0.101. The Morgan fingerprint density at radius 2 is 1.63 bits per heavy atom. The normalized spacial score (nSPS) is 22.8. The van der Waals surface area contributed by atoms with Crippen LogP contribution in [0.25, 0.3) is 0 Å². The van der Waals surface area contributed by atoms with Gasteiger partial charge in [-0.3, -0.25) is 4.79 Å². The Labute approximate surface area is 244 Å². The second-order valence-corrected chi connectivity index (χ2v) is 17.3. The highest BCUT2D eigenvalue weighted by Gasteiger charge is 2.62. The molecule has 8 nitrogen and oxygen atoms in total. The van der Waals surface area contributed by atoms with Crippen molar-refractivity contribution in [3.8, 4) is 5.75 Å². The Morgan fingerprint density at radius 3 is 2.24 bits per heavy atom. The van der Waals surface area contributed by atoms with E-state index in [1.807, 2.05) is 42.5 Å². The molecule has 0 unspecified atom stereocenters. The quantitative estimate of drug-likeness (QED) is 0.243. The first-order valence-electron chi connectivity index (χ1n) is 14.3. The molecule has 1 amide bonds. The lowest BCUT2D eigenvalue weighted by Gasteiger charge is -2.54. The molecule has 2 heterocycles. The van der Waals surface area contributed by atoms with Crippen molar-refractivity contribution in [2.45, 2.75) is 89.5 Å². The number of rotatable bonds is 8. The topological polar surface area (TPSA) is 92.3 Å². The first-order valence-corrected chi connectivity index (χ1v) is 16.1. The molecule has 2 aromatic rings. The molecule has 1 saturated heterocycles. The number of amides is 1. The Morgan fingerprint density at radius 1 is 0.976 bits per heavy atom. The monoisotopic (exact) mass is 581 g/mol. The van der Waals surface area contributed by atoms with Crippen LogP contribution in [0.2, 0.25) is 10.1 Å². The maximum atomic E-state index is 12.7. The van der Waals surface area contributed by atoms with Gasteiger partial charge in [-0.15, -0.1) is 0 Å². The summed E-state index contributed by atoms with van der Waals surface area (Å²) in [5, 5.41) is 2.60. The molecule has 1 N–H and O–H groups in total. The molecule has 4 atom stereocenters. The van der Waals surface area contributed by atoms with E-state index in [1.165, 1.54) is 0 Å². The van der Waals surface area contributed by atoms with Gasteiger partial charge in [0.2, 0.25) is 6.29 Å². The molecule has 2 aliphatic heterocycles. The molecule has 0 spiro atoms. The van der Waals surface area contributed by atoms with E-state index in [9.17, 15) is 9.59 Å². The summed E-state index contributed by atoms with van der Waals surface area (Å²) in [7, 11) is -2.58. The summed E-state index contributed by atoms with van der Waals surface area (Å²) in [4.78, 5) is 25.3. The molecule has 4 rings (SSSR count). The first kappa shape index (κ1) is 31.0. The fourth-order valence-corrected chi connectivity index (χ4v) is 10.5. The predicted octanol–water partition coefficient (Wildman–Crippen LogP) is 5.71. The fraction of sp³-hybridized carbons (Fsp3) is 0.500. The molecule has 2 aliphatic rings. The van der Waals surface area contributed by atoms with Gasteiger partial charge in [-0.1, -0.05) is 78.0 Å². The highest BCUT2D eigenvalue weighted by Crippen LogP contribution is 2.54. The van der Waals surface area contributed by atoms with E-state index in [0.29, 0.717) is 17.9 Å². The van der Waals surface area contributed by atoms with Crippen molar-refractivity contribution < 1.29 is 32.7 Å². The standard InChI is InChI=1S/C32H43NO7Si/c1-8-36-30(35)25(33-29(34)23-12-10-9-11-13-23)20-22-14-16-24(17-15-22)38-28-19-18-26-27(39-28)21-37-41(40-26,31(2,3)4)32(5,6)7/h9-19,25-28H,8,20-21H2,1-7H3,(H,33,34)/t25-,26+,27+,28-/m0/s1. The largest absolute Gasteiger partial charge is 0.464 e. The minimum atomic E-state index is -2.58. The third-order valence-electron chi connectivity index (χ3n) is 7.39. The zero-order valence-electron chi connectivity index (χ0n) is 25.1. The van der Waals surface area contributed by atoms with Gasteiger partial charge in [0.25, 0.3) is 5.91 Å². The van der Waals surface area contributed by atoms with E-state index in [1.54, 1.807) is 31.2 Å². The van der Waals surface area contributed by atoms with Gasteiger partial charge in [-0.2, -0.15) is 0 Å². The van der Waals surface area contributed by atoms with E-state index in [0.717, 1.165) is 5.56 Å². The van der Waals surface area contributed by atoms with Crippen LogP contribution in [0, 0.1) is 0 Å². The van der Waals surface area contributed by atoms with Crippen LogP contribution in [0.15, 0.2) is 66.7 Å². The van der Waals surface area contributed by atoms with E-state index in [-0.39, 0.29) is 41.2 Å². The average Bonchev–Trinajstić information content (AvgIpc) is 2.92. The third-order valence-corrected chi connectivity index (χ3v) is 12.5. The van der Waals surface area contributed by atoms with E-state index in [4.69, 9.17) is 23.1 Å². The molecule has 0 aromatic heterocycles. The smallest absolute Gasteiger partial charge is 0.349 e. The molecule has 2 aromatic carbocycles. The van der Waals surface area contributed by atoms with E-state index in [2.05, 4.69) is 46.9 Å². The van der Waals surface area contributed by atoms with Crippen LogP contribution in [0.3, 0.4) is 0 Å². The summed E-state index contributed by atoms with van der Waals surface area (Å²) in [5.41, 5.74) is 1.33. The molecule has 0 aliphatic carbocycles. The third kappa shape index (κ3) is 7.09. The van der Waals surface area contributed by atoms with Crippen LogP contribution in [-0.4, -0.2) is 58.2 Å². The van der Waals surface area contributed by atoms with Gasteiger partial charge < -0.3 is 28.4 Å². The van der Waals surface area contributed by atoms with Gasteiger partial charge in [0, 0.05) is 22.1 Å². The van der Waals surface area contributed by atoms with Crippen molar-refractivity contribution in [2.24, 2.45) is 0 Å². The number of fused-ring (bicyclic) bond motifs is 1. The van der Waals surface area contributed by atoms with E-state index >= 15 is 0 Å². The Hall–Kier alpha value is -2.98. The molecule has 41 heavy (non-hydrogen) atoms. The molecule has 1 fully saturated rings. The minimum Gasteiger partial charge on any atom is -0.464 e. The Balaban J connectivity index is 1.39. The SMILES string of the molecule is CCOC(=O)[C@H](Cc1ccc(O[C@@H]2C=C[C@H]3O[Si](C(C)(C)C)(C(C)(C)C)OC[C@H]3O2)cc1)NC(=O)c1ccccc1.